The van der Waals surface area contributed by atoms with Crippen molar-refractivity contribution in [3.63, 3.8) is 0 Å². The van der Waals surface area contributed by atoms with Crippen LogP contribution in [0.3, 0.4) is 0 Å². The normalized spacial score (nSPS) is 9.55. The first-order valence-corrected chi connectivity index (χ1v) is 3.17. The van der Waals surface area contributed by atoms with E-state index >= 15 is 0 Å². The van der Waals surface area contributed by atoms with E-state index in [1.54, 1.807) is 0 Å². The maximum absolute atomic E-state index is 4.06. The molecule has 1 aromatic heterocycles. The molecule has 1 heterocycles. The Morgan fingerprint density at radius 1 is 1.36 bits per heavy atom. The fraction of sp³-hybridized carbons (Fsp3) is 0.125. The van der Waals surface area contributed by atoms with Crippen molar-refractivity contribution in [2.24, 2.45) is 7.05 Å². The van der Waals surface area contributed by atoms with Crippen molar-refractivity contribution in [3.8, 4) is 0 Å². The molecule has 0 radical (unpaired) electrons. The van der Waals surface area contributed by atoms with E-state index < -0.39 is 0 Å². The van der Waals surface area contributed by atoms with Gasteiger partial charge < -0.3 is 9.55 Å². The fourth-order valence-electron chi connectivity index (χ4n) is 1.03. The van der Waals surface area contributed by atoms with Gasteiger partial charge in [-0.05, 0) is 7.05 Å². The molecule has 11 heavy (non-hydrogen) atoms. The summed E-state index contributed by atoms with van der Waals surface area (Å²) in [5, 5.41) is 0. The zero-order chi connectivity index (χ0) is 6.97. The van der Waals surface area contributed by atoms with Gasteiger partial charge in [-0.2, -0.15) is 0 Å². The van der Waals surface area contributed by atoms with Crippen molar-refractivity contribution >= 4 is 11.0 Å². The topological polar surface area (TPSA) is 17.8 Å². The molecule has 2 aromatic rings. The summed E-state index contributed by atoms with van der Waals surface area (Å²) >= 11 is 0. The van der Waals surface area contributed by atoms with Crippen LogP contribution in [-0.4, -0.2) is 9.55 Å². The molecule has 0 aliphatic heterocycles. The molecule has 2 nitrogen and oxygen atoms in total. The van der Waals surface area contributed by atoms with E-state index in [1.165, 1.54) is 0 Å². The number of imidazole rings is 1. The second-order valence-electron chi connectivity index (χ2n) is 2.26. The molecule has 2 rings (SSSR count). The minimum atomic E-state index is 0. The quantitative estimate of drug-likeness (QED) is 0.484. The average Bonchev–Trinajstić information content (AvgIpc) is 2.34. The smallest absolute Gasteiger partial charge is 0.450 e. The van der Waals surface area contributed by atoms with Gasteiger partial charge in [0.05, 0.1) is 0 Å². The Kier molecular flexibility index (Phi) is 3.43. The third-order valence-electron chi connectivity index (χ3n) is 1.56. The van der Waals surface area contributed by atoms with Crippen LogP contribution in [0, 0.1) is 6.33 Å². The molecular weight excluding hydrogens is 210 g/mol. The Morgan fingerprint density at radius 3 is 2.82 bits per heavy atom. The van der Waals surface area contributed by atoms with Crippen LogP contribution in [0.15, 0.2) is 24.3 Å². The van der Waals surface area contributed by atoms with Gasteiger partial charge in [0, 0.05) is 6.33 Å². The van der Waals surface area contributed by atoms with Crippen molar-refractivity contribution in [2.45, 2.75) is 0 Å². The van der Waals surface area contributed by atoms with Crippen LogP contribution in [-0.2, 0) is 7.05 Å². The van der Waals surface area contributed by atoms with Gasteiger partial charge in [0.25, 0.3) is 0 Å². The summed E-state index contributed by atoms with van der Waals surface area (Å²) in [7, 11) is 1.94. The third-order valence-corrected chi connectivity index (χ3v) is 1.56. The Hall–Kier alpha value is 0.495. The van der Waals surface area contributed by atoms with E-state index in [2.05, 4.69) is 11.3 Å². The van der Waals surface area contributed by atoms with Crippen molar-refractivity contribution in [1.82, 2.24) is 9.55 Å². The maximum atomic E-state index is 4.06. The maximum Gasteiger partial charge on any atom is 1.00 e. The van der Waals surface area contributed by atoms with E-state index in [1.807, 2.05) is 35.9 Å². The van der Waals surface area contributed by atoms with Crippen LogP contribution >= 0.6 is 0 Å². The molecule has 0 saturated heterocycles. The second-order valence-corrected chi connectivity index (χ2v) is 2.26. The number of hydrogen-bond acceptors (Lipinski definition) is 1. The molecule has 0 atom stereocenters. The van der Waals surface area contributed by atoms with E-state index in [9.17, 15) is 0 Å². The number of rotatable bonds is 0. The number of aryl methyl sites for hydroxylation is 1. The van der Waals surface area contributed by atoms with Crippen LogP contribution in [0.4, 0.5) is 0 Å². The first-order valence-electron chi connectivity index (χ1n) is 3.17. The number of hydrogen-bond donors (Lipinski definition) is 0. The minimum absolute atomic E-state index is 0. The summed E-state index contributed by atoms with van der Waals surface area (Å²) in [6, 6.07) is 7.98. The molecule has 0 fully saturated rings. The predicted molar refractivity (Wildman–Crippen MR) is 39.6 cm³/mol. The standard InChI is InChI=1S/C8H7N2.Rb/c1-10-6-9-7-4-2-3-5-8(7)10;/h2-5H,1H3;/q-1;+1. The molecule has 3 heteroatoms. The van der Waals surface area contributed by atoms with Gasteiger partial charge in [-0.25, -0.2) is 0 Å². The molecule has 0 unspecified atom stereocenters. The Balaban J connectivity index is 0.000000605. The minimum Gasteiger partial charge on any atom is -0.450 e. The van der Waals surface area contributed by atoms with E-state index in [-0.39, 0.29) is 58.2 Å². The molecule has 1 aromatic carbocycles. The first-order chi connectivity index (χ1) is 4.88. The largest absolute Gasteiger partial charge is 1.00 e. The summed E-state index contributed by atoms with van der Waals surface area (Å²) in [5.74, 6) is 0. The monoisotopic (exact) mass is 216 g/mol. The van der Waals surface area contributed by atoms with Crippen LogP contribution in [0.5, 0.6) is 0 Å². The number of fused-ring (bicyclic) bond motifs is 1. The van der Waals surface area contributed by atoms with Crippen molar-refractivity contribution < 1.29 is 58.2 Å². The third kappa shape index (κ3) is 1.80. The van der Waals surface area contributed by atoms with Gasteiger partial charge in [0.15, 0.2) is 0 Å². The van der Waals surface area contributed by atoms with Crippen molar-refractivity contribution in [1.29, 1.82) is 0 Å². The molecule has 0 bridgehead atoms. The van der Waals surface area contributed by atoms with Crippen LogP contribution in [0.25, 0.3) is 11.0 Å². The van der Waals surface area contributed by atoms with Gasteiger partial charge >= 0.3 is 58.2 Å². The summed E-state index contributed by atoms with van der Waals surface area (Å²) in [6.07, 6.45) is 2.84. The van der Waals surface area contributed by atoms with E-state index in [0.717, 1.165) is 11.0 Å². The number of aromatic nitrogens is 2. The molecular formula is C8H7N2Rb. The summed E-state index contributed by atoms with van der Waals surface area (Å²) in [4.78, 5) is 4.06. The average molecular weight is 217 g/mol. The fourth-order valence-corrected chi connectivity index (χ4v) is 1.03. The van der Waals surface area contributed by atoms with Gasteiger partial charge in [0.1, 0.15) is 0 Å². The first kappa shape index (κ1) is 9.58. The molecule has 0 spiro atoms. The molecule has 0 amide bonds. The summed E-state index contributed by atoms with van der Waals surface area (Å²) in [6.45, 7) is 0. The summed E-state index contributed by atoms with van der Waals surface area (Å²) in [5.41, 5.74) is 2.13. The SMILES string of the molecule is Cn1[c-]nc2ccccc21.[Rb+]. The number of nitrogens with zero attached hydrogens (tertiary/aromatic N) is 2. The number of benzene rings is 1. The van der Waals surface area contributed by atoms with Crippen LogP contribution < -0.4 is 58.2 Å². The zero-order valence-electron chi connectivity index (χ0n) is 6.70. The van der Waals surface area contributed by atoms with E-state index in [4.69, 9.17) is 0 Å². The second kappa shape index (κ2) is 3.94. The molecule has 0 saturated carbocycles. The molecule has 0 aliphatic carbocycles. The van der Waals surface area contributed by atoms with Crippen LogP contribution in [0.2, 0.25) is 0 Å². The Bertz CT molecular complexity index is 354. The Morgan fingerprint density at radius 2 is 2.09 bits per heavy atom. The van der Waals surface area contributed by atoms with Crippen LogP contribution in [0.1, 0.15) is 0 Å². The molecule has 0 N–H and O–H groups in total. The van der Waals surface area contributed by atoms with E-state index in [0.29, 0.717) is 0 Å². The molecule has 0 aliphatic rings. The van der Waals surface area contributed by atoms with Gasteiger partial charge in [-0.15, -0.1) is 12.1 Å². The van der Waals surface area contributed by atoms with Gasteiger partial charge in [-0.1, -0.05) is 23.2 Å². The Labute approximate surface area is 114 Å². The van der Waals surface area contributed by atoms with Gasteiger partial charge in [-0.3, -0.25) is 0 Å². The molecule has 50 valence electrons. The van der Waals surface area contributed by atoms with Crippen molar-refractivity contribution in [3.05, 3.63) is 30.6 Å². The predicted octanol–water partition coefficient (Wildman–Crippen LogP) is -1.62. The zero-order valence-corrected chi connectivity index (χ0v) is 11.6. The summed E-state index contributed by atoms with van der Waals surface area (Å²) < 4.78 is 1.88. The van der Waals surface area contributed by atoms with Gasteiger partial charge in [0.2, 0.25) is 0 Å². The van der Waals surface area contributed by atoms with Crippen molar-refractivity contribution in [2.75, 3.05) is 0 Å². The number of para-hydroxylation sites is 2.